The van der Waals surface area contributed by atoms with E-state index in [4.69, 9.17) is 14.5 Å². The SMILES string of the molecule is COCCNS(=O)(=O)c1cc(C(=O)N2CCCC[C@H]2c2nc3ccccc3s2)ccc1OC. The Bertz CT molecular complexity index is 1210. The standard InChI is InChI=1S/C23H27N3O5S2/c1-30-14-12-24-33(28,29)21-15-16(10-11-19(21)31-2)23(27)26-13-6-5-8-18(26)22-25-17-7-3-4-9-20(17)32-22/h3-4,7,9-11,15,18,24H,5-6,8,12-14H2,1-2H3/t18-/m0/s1. The largest absolute Gasteiger partial charge is 0.495 e. The molecule has 33 heavy (non-hydrogen) atoms. The number of benzene rings is 2. The molecule has 2 aromatic carbocycles. The molecule has 0 saturated carbocycles. The van der Waals surface area contributed by atoms with Crippen molar-refractivity contribution in [2.75, 3.05) is 33.9 Å². The molecule has 4 rings (SSSR count). The van der Waals surface area contributed by atoms with Gasteiger partial charge in [0.1, 0.15) is 15.7 Å². The van der Waals surface area contributed by atoms with Gasteiger partial charge in [0.25, 0.3) is 5.91 Å². The van der Waals surface area contributed by atoms with E-state index >= 15 is 0 Å². The number of amides is 1. The Labute approximate surface area is 197 Å². The number of hydrogen-bond acceptors (Lipinski definition) is 7. The lowest BCUT2D eigenvalue weighted by Gasteiger charge is -2.34. The molecule has 0 aliphatic carbocycles. The van der Waals surface area contributed by atoms with Crippen LogP contribution >= 0.6 is 11.3 Å². The zero-order valence-corrected chi connectivity index (χ0v) is 20.2. The van der Waals surface area contributed by atoms with E-state index in [1.807, 2.05) is 29.2 Å². The summed E-state index contributed by atoms with van der Waals surface area (Å²) in [6, 6.07) is 12.3. The smallest absolute Gasteiger partial charge is 0.254 e. The molecule has 176 valence electrons. The van der Waals surface area contributed by atoms with Crippen molar-refractivity contribution in [1.82, 2.24) is 14.6 Å². The molecular weight excluding hydrogens is 462 g/mol. The van der Waals surface area contributed by atoms with Crippen molar-refractivity contribution < 1.29 is 22.7 Å². The van der Waals surface area contributed by atoms with E-state index in [2.05, 4.69) is 4.72 Å². The summed E-state index contributed by atoms with van der Waals surface area (Å²) in [4.78, 5) is 20.1. The highest BCUT2D eigenvalue weighted by molar-refractivity contribution is 7.89. The average Bonchev–Trinajstić information content (AvgIpc) is 3.27. The number of para-hydroxylation sites is 1. The van der Waals surface area contributed by atoms with Gasteiger partial charge in [-0.1, -0.05) is 12.1 Å². The zero-order chi connectivity index (χ0) is 23.4. The number of likely N-dealkylation sites (tertiary alicyclic amines) is 1. The van der Waals surface area contributed by atoms with Gasteiger partial charge in [-0.3, -0.25) is 4.79 Å². The van der Waals surface area contributed by atoms with Crippen LogP contribution in [0.2, 0.25) is 0 Å². The predicted molar refractivity (Wildman–Crippen MR) is 127 cm³/mol. The van der Waals surface area contributed by atoms with Gasteiger partial charge in [-0.05, 0) is 49.6 Å². The normalized spacial score (nSPS) is 16.8. The second-order valence-electron chi connectivity index (χ2n) is 7.79. The summed E-state index contributed by atoms with van der Waals surface area (Å²) >= 11 is 1.60. The van der Waals surface area contributed by atoms with Crippen molar-refractivity contribution >= 4 is 37.5 Å². The molecule has 1 fully saturated rings. The minimum atomic E-state index is -3.88. The van der Waals surface area contributed by atoms with Crippen LogP contribution in [0.15, 0.2) is 47.4 Å². The number of fused-ring (bicyclic) bond motifs is 1. The second-order valence-corrected chi connectivity index (χ2v) is 10.6. The van der Waals surface area contributed by atoms with Gasteiger partial charge in [-0.15, -0.1) is 11.3 Å². The van der Waals surface area contributed by atoms with Gasteiger partial charge >= 0.3 is 0 Å². The van der Waals surface area contributed by atoms with Gasteiger partial charge in [-0.25, -0.2) is 18.1 Å². The third kappa shape index (κ3) is 5.03. The number of ether oxygens (including phenoxy) is 2. The maximum atomic E-state index is 13.6. The van der Waals surface area contributed by atoms with Crippen LogP contribution in [0.4, 0.5) is 0 Å². The Kier molecular flexibility index (Phi) is 7.28. The Morgan fingerprint density at radius 1 is 1.21 bits per heavy atom. The number of sulfonamides is 1. The molecule has 1 atom stereocenters. The summed E-state index contributed by atoms with van der Waals surface area (Å²) in [7, 11) is -0.985. The molecule has 10 heteroatoms. The van der Waals surface area contributed by atoms with E-state index in [1.54, 1.807) is 17.4 Å². The third-order valence-corrected chi connectivity index (χ3v) is 8.28. The van der Waals surface area contributed by atoms with E-state index in [-0.39, 0.29) is 35.7 Å². The first-order valence-electron chi connectivity index (χ1n) is 10.8. The monoisotopic (exact) mass is 489 g/mol. The van der Waals surface area contributed by atoms with E-state index in [0.717, 1.165) is 34.5 Å². The van der Waals surface area contributed by atoms with Gasteiger partial charge in [0.15, 0.2) is 0 Å². The first-order valence-corrected chi connectivity index (χ1v) is 13.1. The van der Waals surface area contributed by atoms with Crippen molar-refractivity contribution in [3.63, 3.8) is 0 Å². The number of carbonyl (C=O) groups excluding carboxylic acids is 1. The van der Waals surface area contributed by atoms with Crippen molar-refractivity contribution in [3.8, 4) is 5.75 Å². The number of rotatable bonds is 8. The summed E-state index contributed by atoms with van der Waals surface area (Å²) in [6.45, 7) is 0.948. The zero-order valence-electron chi connectivity index (χ0n) is 18.6. The number of methoxy groups -OCH3 is 2. The summed E-state index contributed by atoms with van der Waals surface area (Å²) in [5, 5.41) is 0.909. The van der Waals surface area contributed by atoms with Crippen LogP contribution in [-0.2, 0) is 14.8 Å². The molecule has 3 aromatic rings. The first-order chi connectivity index (χ1) is 15.9. The molecule has 1 aliphatic rings. The fourth-order valence-corrected chi connectivity index (χ4v) is 6.33. The van der Waals surface area contributed by atoms with Crippen molar-refractivity contribution in [2.24, 2.45) is 0 Å². The third-order valence-electron chi connectivity index (χ3n) is 5.66. The van der Waals surface area contributed by atoms with Gasteiger partial charge in [0.2, 0.25) is 10.0 Å². The van der Waals surface area contributed by atoms with Gasteiger partial charge in [-0.2, -0.15) is 0 Å². The van der Waals surface area contributed by atoms with Crippen LogP contribution in [-0.4, -0.2) is 58.1 Å². The van der Waals surface area contributed by atoms with Crippen LogP contribution in [0, 0.1) is 0 Å². The maximum absolute atomic E-state index is 13.6. The van der Waals surface area contributed by atoms with E-state index in [1.165, 1.54) is 26.4 Å². The van der Waals surface area contributed by atoms with Gasteiger partial charge in [0, 0.05) is 25.8 Å². The highest BCUT2D eigenvalue weighted by atomic mass is 32.2. The fraction of sp³-hybridized carbons (Fsp3) is 0.391. The van der Waals surface area contributed by atoms with Crippen LogP contribution in [0.5, 0.6) is 5.75 Å². The highest BCUT2D eigenvalue weighted by Crippen LogP contribution is 2.37. The molecule has 2 heterocycles. The number of nitrogens with one attached hydrogen (secondary N) is 1. The summed E-state index contributed by atoms with van der Waals surface area (Å²) in [6.07, 6.45) is 2.73. The fourth-order valence-electron chi connectivity index (χ4n) is 4.01. The number of hydrogen-bond donors (Lipinski definition) is 1. The van der Waals surface area contributed by atoms with Crippen LogP contribution < -0.4 is 9.46 Å². The van der Waals surface area contributed by atoms with E-state index in [0.29, 0.717) is 12.1 Å². The minimum Gasteiger partial charge on any atom is -0.495 e. The molecule has 1 saturated heterocycles. The molecule has 0 bridgehead atoms. The molecule has 0 unspecified atom stereocenters. The van der Waals surface area contributed by atoms with Crippen LogP contribution in [0.25, 0.3) is 10.2 Å². The summed E-state index contributed by atoms with van der Waals surface area (Å²) in [5.41, 5.74) is 1.23. The topological polar surface area (TPSA) is 97.8 Å². The van der Waals surface area contributed by atoms with Crippen LogP contribution in [0.3, 0.4) is 0 Å². The molecule has 1 aliphatic heterocycles. The van der Waals surface area contributed by atoms with E-state index in [9.17, 15) is 13.2 Å². The summed E-state index contributed by atoms with van der Waals surface area (Å²) in [5.74, 6) is -0.0345. The van der Waals surface area contributed by atoms with E-state index < -0.39 is 10.0 Å². The first kappa shape index (κ1) is 23.6. The lowest BCUT2D eigenvalue weighted by atomic mass is 10.0. The minimum absolute atomic E-state index is 0.0690. The summed E-state index contributed by atoms with van der Waals surface area (Å²) < 4.78 is 39.4. The number of thiazole rings is 1. The molecular formula is C23H27N3O5S2. The second kappa shape index (κ2) is 10.2. The number of nitrogens with zero attached hydrogens (tertiary/aromatic N) is 2. The van der Waals surface area contributed by atoms with Crippen molar-refractivity contribution in [2.45, 2.75) is 30.2 Å². The molecule has 1 aromatic heterocycles. The Morgan fingerprint density at radius 2 is 2.03 bits per heavy atom. The number of carbonyl (C=O) groups is 1. The maximum Gasteiger partial charge on any atom is 0.254 e. The predicted octanol–water partition coefficient (Wildman–Crippen LogP) is 3.60. The Balaban J connectivity index is 1.65. The molecule has 1 N–H and O–H groups in total. The average molecular weight is 490 g/mol. The number of aromatic nitrogens is 1. The molecule has 0 spiro atoms. The van der Waals surface area contributed by atoms with Crippen LogP contribution in [0.1, 0.15) is 40.7 Å². The molecule has 1 amide bonds. The lowest BCUT2D eigenvalue weighted by molar-refractivity contribution is 0.0611. The lowest BCUT2D eigenvalue weighted by Crippen LogP contribution is -2.38. The Hall–Kier alpha value is -2.53. The van der Waals surface area contributed by atoms with Gasteiger partial charge in [0.05, 0.1) is 30.0 Å². The van der Waals surface area contributed by atoms with Crippen molar-refractivity contribution in [3.05, 3.63) is 53.0 Å². The van der Waals surface area contributed by atoms with Crippen molar-refractivity contribution in [1.29, 1.82) is 0 Å². The highest BCUT2D eigenvalue weighted by Gasteiger charge is 2.32. The number of piperidine rings is 1. The molecule has 8 nitrogen and oxygen atoms in total. The quantitative estimate of drug-likeness (QED) is 0.486. The van der Waals surface area contributed by atoms with Gasteiger partial charge < -0.3 is 14.4 Å². The Morgan fingerprint density at radius 3 is 2.79 bits per heavy atom. The molecule has 0 radical (unpaired) electrons.